The van der Waals surface area contributed by atoms with Gasteiger partial charge in [0.25, 0.3) is 0 Å². The number of alkyl halides is 3. The number of benzene rings is 1. The van der Waals surface area contributed by atoms with E-state index in [0.717, 1.165) is 5.56 Å². The number of hydrogen-bond acceptors (Lipinski definition) is 0. The van der Waals surface area contributed by atoms with Crippen LogP contribution in [0.5, 0.6) is 0 Å². The molecule has 0 N–H and O–H groups in total. The van der Waals surface area contributed by atoms with Crippen LogP contribution in [0.3, 0.4) is 0 Å². The first-order valence-electron chi connectivity index (χ1n) is 5.76. The van der Waals surface area contributed by atoms with E-state index in [1.807, 2.05) is 18.2 Å². The lowest BCUT2D eigenvalue weighted by molar-refractivity contribution is -0.0372. The maximum atomic E-state index is 13.6. The van der Waals surface area contributed by atoms with Gasteiger partial charge in [-0.3, -0.25) is 0 Å². The van der Waals surface area contributed by atoms with Crippen LogP contribution in [0.1, 0.15) is 17.9 Å². The van der Waals surface area contributed by atoms with Crippen molar-refractivity contribution in [2.24, 2.45) is 0 Å². The molecular formula is C14H13F3S. The van der Waals surface area contributed by atoms with E-state index in [4.69, 9.17) is 0 Å². The number of hydrogen-bond donors (Lipinski definition) is 0. The molecule has 0 aromatic heterocycles. The van der Waals surface area contributed by atoms with Crippen LogP contribution in [0.2, 0.25) is 0 Å². The molecule has 0 nitrogen and oxygen atoms in total. The van der Waals surface area contributed by atoms with Gasteiger partial charge in [-0.15, -0.1) is 0 Å². The van der Waals surface area contributed by atoms with Gasteiger partial charge in [-0.25, -0.2) is 0 Å². The monoisotopic (exact) mass is 270 g/mol. The fraction of sp³-hybridized carbons (Fsp3) is 0.286. The SMILES string of the molecule is CS1(C(F)(F)F)C2=CC=CCC2c2ccccc21. The molecule has 1 aromatic rings. The average Bonchev–Trinajstić information content (AvgIpc) is 2.62. The van der Waals surface area contributed by atoms with Gasteiger partial charge >= 0.3 is 5.51 Å². The molecule has 18 heavy (non-hydrogen) atoms. The summed E-state index contributed by atoms with van der Waals surface area (Å²) in [5.41, 5.74) is -3.31. The fourth-order valence-electron chi connectivity index (χ4n) is 2.84. The predicted molar refractivity (Wildman–Crippen MR) is 68.9 cm³/mol. The Morgan fingerprint density at radius 3 is 2.67 bits per heavy atom. The van der Waals surface area contributed by atoms with E-state index in [0.29, 0.717) is 16.2 Å². The summed E-state index contributed by atoms with van der Waals surface area (Å²) in [5.74, 6) is -0.0761. The minimum Gasteiger partial charge on any atom is -0.161 e. The van der Waals surface area contributed by atoms with Gasteiger partial charge in [-0.2, -0.15) is 13.2 Å². The van der Waals surface area contributed by atoms with E-state index in [1.165, 1.54) is 6.26 Å². The largest absolute Gasteiger partial charge is 0.433 e. The molecule has 1 heterocycles. The highest BCUT2D eigenvalue weighted by atomic mass is 32.3. The van der Waals surface area contributed by atoms with Crippen molar-refractivity contribution >= 4 is 10.0 Å². The molecule has 1 aliphatic carbocycles. The zero-order valence-electron chi connectivity index (χ0n) is 9.87. The van der Waals surface area contributed by atoms with E-state index in [-0.39, 0.29) is 5.92 Å². The van der Waals surface area contributed by atoms with Crippen molar-refractivity contribution in [3.63, 3.8) is 0 Å². The van der Waals surface area contributed by atoms with Gasteiger partial charge in [-0.1, -0.05) is 46.5 Å². The molecule has 0 saturated carbocycles. The van der Waals surface area contributed by atoms with Gasteiger partial charge in [0.1, 0.15) is 0 Å². The van der Waals surface area contributed by atoms with Crippen LogP contribution in [0.4, 0.5) is 13.2 Å². The number of halogens is 3. The van der Waals surface area contributed by atoms with E-state index in [2.05, 4.69) is 0 Å². The van der Waals surface area contributed by atoms with Crippen molar-refractivity contribution in [2.45, 2.75) is 22.7 Å². The molecule has 2 aliphatic rings. The summed E-state index contributed by atoms with van der Waals surface area (Å²) >= 11 is 0. The Hall–Kier alpha value is -1.16. The molecule has 4 heteroatoms. The normalized spacial score (nSPS) is 33.3. The summed E-state index contributed by atoms with van der Waals surface area (Å²) in [4.78, 5) is 1.07. The first-order valence-corrected chi connectivity index (χ1v) is 7.81. The van der Waals surface area contributed by atoms with E-state index in [1.54, 1.807) is 24.3 Å². The summed E-state index contributed by atoms with van der Waals surface area (Å²) in [5, 5.41) is 0. The standard InChI is InChI=1S/C14H13F3S/c1-18(14(15,16)17)12-8-4-2-6-10(12)11-7-3-5-9-13(11)18/h2-6,8-9,11H,7H2,1H3. The summed E-state index contributed by atoms with van der Waals surface area (Å²) in [6.07, 6.45) is 7.45. The quantitative estimate of drug-likeness (QED) is 0.626. The second-order valence-electron chi connectivity index (χ2n) is 4.69. The second-order valence-corrected chi connectivity index (χ2v) is 7.90. The highest BCUT2D eigenvalue weighted by molar-refractivity contribution is 8.37. The van der Waals surface area contributed by atoms with Crippen molar-refractivity contribution in [2.75, 3.05) is 6.26 Å². The van der Waals surface area contributed by atoms with Crippen LogP contribution >= 0.6 is 10.0 Å². The third-order valence-corrected chi connectivity index (χ3v) is 7.32. The van der Waals surface area contributed by atoms with Crippen LogP contribution in [0, 0.1) is 0 Å². The molecule has 0 bridgehead atoms. The van der Waals surface area contributed by atoms with Gasteiger partial charge in [0.2, 0.25) is 0 Å². The third-order valence-electron chi connectivity index (χ3n) is 3.78. The van der Waals surface area contributed by atoms with E-state index < -0.39 is 15.5 Å². The van der Waals surface area contributed by atoms with E-state index >= 15 is 0 Å². The molecule has 0 fully saturated rings. The van der Waals surface area contributed by atoms with E-state index in [9.17, 15) is 13.2 Å². The molecular weight excluding hydrogens is 257 g/mol. The van der Waals surface area contributed by atoms with Gasteiger partial charge in [0.15, 0.2) is 0 Å². The Morgan fingerprint density at radius 2 is 1.94 bits per heavy atom. The topological polar surface area (TPSA) is 0 Å². The Bertz CT molecular complexity index is 556. The lowest BCUT2D eigenvalue weighted by atomic mass is 9.93. The average molecular weight is 270 g/mol. The fourth-order valence-corrected chi connectivity index (χ4v) is 5.78. The maximum absolute atomic E-state index is 13.6. The molecule has 3 rings (SSSR count). The molecule has 1 aromatic carbocycles. The Balaban J connectivity index is 2.30. The number of fused-ring (bicyclic) bond motifs is 3. The summed E-state index contributed by atoms with van der Waals surface area (Å²) in [7, 11) is -2.87. The van der Waals surface area contributed by atoms with Crippen molar-refractivity contribution in [1.29, 1.82) is 0 Å². The smallest absolute Gasteiger partial charge is 0.161 e. The minimum atomic E-state index is -4.17. The van der Waals surface area contributed by atoms with Crippen LogP contribution in [-0.2, 0) is 0 Å². The van der Waals surface area contributed by atoms with Gasteiger partial charge in [0, 0.05) is 10.8 Å². The third kappa shape index (κ3) is 1.35. The van der Waals surface area contributed by atoms with Gasteiger partial charge < -0.3 is 0 Å². The summed E-state index contributed by atoms with van der Waals surface area (Å²) in [6.45, 7) is 0. The number of rotatable bonds is 0. The second kappa shape index (κ2) is 3.67. The zero-order valence-corrected chi connectivity index (χ0v) is 10.7. The molecule has 0 amide bonds. The predicted octanol–water partition coefficient (Wildman–Crippen LogP) is 4.94. The van der Waals surface area contributed by atoms with Crippen molar-refractivity contribution < 1.29 is 13.2 Å². The maximum Gasteiger partial charge on any atom is 0.433 e. The molecule has 96 valence electrons. The first kappa shape index (κ1) is 11.9. The highest BCUT2D eigenvalue weighted by Crippen LogP contribution is 2.78. The van der Waals surface area contributed by atoms with Crippen molar-refractivity contribution in [3.8, 4) is 0 Å². The molecule has 0 spiro atoms. The Morgan fingerprint density at radius 1 is 1.22 bits per heavy atom. The molecule has 0 saturated heterocycles. The van der Waals surface area contributed by atoms with Crippen LogP contribution in [0.25, 0.3) is 0 Å². The molecule has 2 atom stereocenters. The first-order chi connectivity index (χ1) is 8.46. The zero-order chi connectivity index (χ0) is 13.0. The molecule has 1 aliphatic heterocycles. The Kier molecular flexibility index (Phi) is 2.43. The van der Waals surface area contributed by atoms with Gasteiger partial charge in [-0.05, 0) is 29.2 Å². The van der Waals surface area contributed by atoms with Gasteiger partial charge in [0.05, 0.1) is 0 Å². The molecule has 2 unspecified atom stereocenters. The van der Waals surface area contributed by atoms with Crippen LogP contribution < -0.4 is 0 Å². The molecule has 0 radical (unpaired) electrons. The number of allylic oxidation sites excluding steroid dienone is 4. The van der Waals surface area contributed by atoms with Crippen LogP contribution in [0.15, 0.2) is 52.3 Å². The van der Waals surface area contributed by atoms with Crippen molar-refractivity contribution in [1.82, 2.24) is 0 Å². The highest BCUT2D eigenvalue weighted by Gasteiger charge is 2.56. The summed E-state index contributed by atoms with van der Waals surface area (Å²) in [6, 6.07) is 7.03. The Labute approximate surface area is 106 Å². The minimum absolute atomic E-state index is 0.0761. The lowest BCUT2D eigenvalue weighted by Crippen LogP contribution is -2.19. The lowest BCUT2D eigenvalue weighted by Gasteiger charge is -2.37. The van der Waals surface area contributed by atoms with Crippen molar-refractivity contribution in [3.05, 3.63) is 53.0 Å². The summed E-state index contributed by atoms with van der Waals surface area (Å²) < 4.78 is 40.7. The van der Waals surface area contributed by atoms with Crippen LogP contribution in [-0.4, -0.2) is 11.8 Å².